The molecule has 0 radical (unpaired) electrons. The van der Waals surface area contributed by atoms with Gasteiger partial charge in [0.25, 0.3) is 5.91 Å². The Morgan fingerprint density at radius 1 is 1.23 bits per heavy atom. The number of hydrogen-bond acceptors (Lipinski definition) is 8. The van der Waals surface area contributed by atoms with Gasteiger partial charge in [-0.1, -0.05) is 12.1 Å². The zero-order valence-electron chi connectivity index (χ0n) is 17.0. The van der Waals surface area contributed by atoms with Gasteiger partial charge in [0.2, 0.25) is 5.82 Å². The van der Waals surface area contributed by atoms with Gasteiger partial charge < -0.3 is 24.4 Å². The fraction of sp³-hybridized carbons (Fsp3) is 0.381. The van der Waals surface area contributed by atoms with Crippen LogP contribution in [0, 0.1) is 6.92 Å². The summed E-state index contributed by atoms with van der Waals surface area (Å²) in [6.45, 7) is 5.47. The Morgan fingerprint density at radius 3 is 2.77 bits per heavy atom. The van der Waals surface area contributed by atoms with Crippen molar-refractivity contribution >= 4 is 34.0 Å². The molecule has 1 aliphatic heterocycles. The second-order valence-corrected chi connectivity index (χ2v) is 7.86. The molecule has 1 N–H and O–H groups in total. The van der Waals surface area contributed by atoms with E-state index in [0.717, 1.165) is 34.7 Å². The standard InChI is InChI=1S/C21H24N4O4S/c1-14-18-15(13-30-14)23-19(24-20(18)25-8-11-28-12-9-25)21(26)22-7-10-29-17-6-4-3-5-16(17)27-2/h3-6,13H,7-12H2,1-2H3,(H,22,26). The second kappa shape index (κ2) is 9.27. The van der Waals surface area contributed by atoms with Crippen molar-refractivity contribution in [3.63, 3.8) is 0 Å². The highest BCUT2D eigenvalue weighted by Crippen LogP contribution is 2.32. The number of rotatable bonds is 7. The number of amides is 1. The monoisotopic (exact) mass is 428 g/mol. The van der Waals surface area contributed by atoms with Crippen LogP contribution in [-0.2, 0) is 4.74 Å². The molecular formula is C21H24N4O4S. The molecule has 0 spiro atoms. The molecule has 0 bridgehead atoms. The molecule has 0 unspecified atom stereocenters. The van der Waals surface area contributed by atoms with Gasteiger partial charge in [0.15, 0.2) is 11.5 Å². The van der Waals surface area contributed by atoms with Gasteiger partial charge in [0.1, 0.15) is 12.4 Å². The number of aryl methyl sites for hydroxylation is 1. The molecule has 30 heavy (non-hydrogen) atoms. The summed E-state index contributed by atoms with van der Waals surface area (Å²) in [6.07, 6.45) is 0. The Morgan fingerprint density at radius 2 is 2.00 bits per heavy atom. The summed E-state index contributed by atoms with van der Waals surface area (Å²) in [5, 5.41) is 5.82. The van der Waals surface area contributed by atoms with Crippen molar-refractivity contribution in [2.45, 2.75) is 6.92 Å². The predicted octanol–water partition coefficient (Wildman–Crippen LogP) is 2.65. The van der Waals surface area contributed by atoms with E-state index >= 15 is 0 Å². The third kappa shape index (κ3) is 4.31. The largest absolute Gasteiger partial charge is 0.493 e. The molecule has 2 aromatic heterocycles. The summed E-state index contributed by atoms with van der Waals surface area (Å²) in [7, 11) is 1.59. The molecule has 1 amide bonds. The predicted molar refractivity (Wildman–Crippen MR) is 116 cm³/mol. The number of fused-ring (bicyclic) bond motifs is 1. The Kier molecular flexibility index (Phi) is 6.29. The average molecular weight is 429 g/mol. The Labute approximate surface area is 178 Å². The van der Waals surface area contributed by atoms with Gasteiger partial charge in [-0.25, -0.2) is 9.97 Å². The van der Waals surface area contributed by atoms with Gasteiger partial charge >= 0.3 is 0 Å². The van der Waals surface area contributed by atoms with Crippen LogP contribution >= 0.6 is 11.3 Å². The molecule has 0 aliphatic carbocycles. The lowest BCUT2D eigenvalue weighted by Gasteiger charge is -2.28. The minimum atomic E-state index is -0.320. The van der Waals surface area contributed by atoms with Gasteiger partial charge in [-0.3, -0.25) is 4.79 Å². The molecule has 1 aliphatic rings. The van der Waals surface area contributed by atoms with E-state index in [1.54, 1.807) is 18.4 Å². The fourth-order valence-electron chi connectivity index (χ4n) is 3.34. The number of nitrogens with one attached hydrogen (secondary N) is 1. The van der Waals surface area contributed by atoms with Crippen LogP contribution < -0.4 is 19.7 Å². The molecule has 1 fully saturated rings. The van der Waals surface area contributed by atoms with Crippen LogP contribution in [-0.4, -0.2) is 62.4 Å². The lowest BCUT2D eigenvalue weighted by Crippen LogP contribution is -2.37. The first-order valence-corrected chi connectivity index (χ1v) is 10.7. The van der Waals surface area contributed by atoms with Crippen molar-refractivity contribution in [2.75, 3.05) is 51.5 Å². The van der Waals surface area contributed by atoms with E-state index in [9.17, 15) is 4.79 Å². The number of benzene rings is 1. The van der Waals surface area contributed by atoms with E-state index in [2.05, 4.69) is 27.1 Å². The van der Waals surface area contributed by atoms with Gasteiger partial charge in [0.05, 0.1) is 37.8 Å². The maximum absolute atomic E-state index is 12.7. The number of morpholine rings is 1. The topological polar surface area (TPSA) is 85.8 Å². The average Bonchev–Trinajstić information content (AvgIpc) is 3.17. The Bertz CT molecular complexity index is 1030. The third-order valence-electron chi connectivity index (χ3n) is 4.85. The molecule has 3 aromatic rings. The van der Waals surface area contributed by atoms with Crippen molar-refractivity contribution in [1.29, 1.82) is 0 Å². The van der Waals surface area contributed by atoms with Crippen LogP contribution in [0.15, 0.2) is 29.6 Å². The number of thiophene rings is 1. The Hall–Kier alpha value is -2.91. The summed E-state index contributed by atoms with van der Waals surface area (Å²) in [5.41, 5.74) is 0.796. The molecule has 0 saturated carbocycles. The lowest BCUT2D eigenvalue weighted by molar-refractivity contribution is 0.0936. The molecular weight excluding hydrogens is 404 g/mol. The van der Waals surface area contributed by atoms with Crippen LogP contribution in [0.3, 0.4) is 0 Å². The van der Waals surface area contributed by atoms with E-state index < -0.39 is 0 Å². The summed E-state index contributed by atoms with van der Waals surface area (Å²) < 4.78 is 16.4. The number of aromatic nitrogens is 2. The van der Waals surface area contributed by atoms with Crippen LogP contribution in [0.4, 0.5) is 5.82 Å². The van der Waals surface area contributed by atoms with E-state index in [1.807, 2.05) is 29.6 Å². The minimum Gasteiger partial charge on any atom is -0.493 e. The first kappa shape index (κ1) is 20.4. The van der Waals surface area contributed by atoms with Gasteiger partial charge in [-0.15, -0.1) is 11.3 Å². The van der Waals surface area contributed by atoms with Gasteiger partial charge in [-0.05, 0) is 19.1 Å². The van der Waals surface area contributed by atoms with E-state index in [4.69, 9.17) is 14.2 Å². The maximum atomic E-state index is 12.7. The van der Waals surface area contributed by atoms with E-state index in [1.165, 1.54) is 0 Å². The molecule has 9 heteroatoms. The number of carbonyl (C=O) groups excluding carboxylic acids is 1. The van der Waals surface area contributed by atoms with Crippen molar-refractivity contribution in [3.8, 4) is 11.5 Å². The van der Waals surface area contributed by atoms with Gasteiger partial charge in [0, 0.05) is 23.3 Å². The molecule has 3 heterocycles. The fourth-order valence-corrected chi connectivity index (χ4v) is 4.11. The minimum absolute atomic E-state index is 0.166. The summed E-state index contributed by atoms with van der Waals surface area (Å²) in [5.74, 6) is 1.94. The van der Waals surface area contributed by atoms with E-state index in [0.29, 0.717) is 37.9 Å². The number of ether oxygens (including phenoxy) is 3. The van der Waals surface area contributed by atoms with Crippen molar-refractivity contribution < 1.29 is 19.0 Å². The highest BCUT2D eigenvalue weighted by Gasteiger charge is 2.21. The summed E-state index contributed by atoms with van der Waals surface area (Å²) >= 11 is 1.61. The van der Waals surface area contributed by atoms with Crippen molar-refractivity contribution in [2.24, 2.45) is 0 Å². The quantitative estimate of drug-likeness (QED) is 0.579. The summed E-state index contributed by atoms with van der Waals surface area (Å²) in [4.78, 5) is 25.1. The number of nitrogens with zero attached hydrogens (tertiary/aromatic N) is 3. The SMILES string of the molecule is COc1ccccc1OCCNC(=O)c1nc(N2CCOCC2)c2c(C)scc2n1. The second-order valence-electron chi connectivity index (χ2n) is 6.78. The van der Waals surface area contributed by atoms with Gasteiger partial charge in [-0.2, -0.15) is 0 Å². The maximum Gasteiger partial charge on any atom is 0.289 e. The zero-order valence-corrected chi connectivity index (χ0v) is 17.8. The zero-order chi connectivity index (χ0) is 20.9. The first-order valence-electron chi connectivity index (χ1n) is 9.80. The van der Waals surface area contributed by atoms with Crippen molar-refractivity contribution in [3.05, 3.63) is 40.3 Å². The number of anilines is 1. The van der Waals surface area contributed by atoms with Crippen LogP contribution in [0.1, 0.15) is 15.5 Å². The normalized spacial score (nSPS) is 14.0. The lowest BCUT2D eigenvalue weighted by atomic mass is 10.2. The van der Waals surface area contributed by atoms with E-state index in [-0.39, 0.29) is 11.7 Å². The molecule has 4 rings (SSSR count). The highest BCUT2D eigenvalue weighted by atomic mass is 32.1. The smallest absolute Gasteiger partial charge is 0.289 e. The summed E-state index contributed by atoms with van der Waals surface area (Å²) in [6, 6.07) is 7.40. The van der Waals surface area contributed by atoms with Crippen molar-refractivity contribution in [1.82, 2.24) is 15.3 Å². The molecule has 1 aromatic carbocycles. The Balaban J connectivity index is 1.45. The number of carbonyl (C=O) groups is 1. The third-order valence-corrected chi connectivity index (χ3v) is 5.74. The first-order chi connectivity index (χ1) is 14.7. The molecule has 158 valence electrons. The molecule has 8 nitrogen and oxygen atoms in total. The number of methoxy groups -OCH3 is 1. The highest BCUT2D eigenvalue weighted by molar-refractivity contribution is 7.11. The van der Waals surface area contributed by atoms with Crippen LogP contribution in [0.2, 0.25) is 0 Å². The number of para-hydroxylation sites is 2. The molecule has 0 atom stereocenters. The number of hydrogen-bond donors (Lipinski definition) is 1. The molecule has 1 saturated heterocycles. The van der Waals surface area contributed by atoms with Crippen LogP contribution in [0.25, 0.3) is 10.9 Å². The van der Waals surface area contributed by atoms with Crippen LogP contribution in [0.5, 0.6) is 11.5 Å².